The smallest absolute Gasteiger partial charge is 0.326 e. The van der Waals surface area contributed by atoms with E-state index in [1.54, 1.807) is 11.1 Å². The van der Waals surface area contributed by atoms with E-state index in [4.69, 9.17) is 0 Å². The van der Waals surface area contributed by atoms with Gasteiger partial charge < -0.3 is 20.3 Å². The van der Waals surface area contributed by atoms with Crippen LogP contribution in [0.5, 0.6) is 0 Å². The largest absolute Gasteiger partial charge is 0.480 e. The molecule has 0 bridgehead atoms. The highest BCUT2D eigenvalue weighted by atomic mass is 16.4. The summed E-state index contributed by atoms with van der Waals surface area (Å²) in [5.41, 5.74) is 6.12. The number of aliphatic carboxylic acids is 1. The molecule has 1 unspecified atom stereocenters. The Kier molecular flexibility index (Phi) is 6.53. The van der Waals surface area contributed by atoms with E-state index in [1.165, 1.54) is 0 Å². The van der Waals surface area contributed by atoms with Crippen LogP contribution in [0.4, 0.5) is 0 Å². The van der Waals surface area contributed by atoms with E-state index in [0.29, 0.717) is 12.0 Å². The average molecular weight is 496 g/mol. The first-order chi connectivity index (χ1) is 17.8. The summed E-state index contributed by atoms with van der Waals surface area (Å²) in [5.74, 6) is -1.84. The van der Waals surface area contributed by atoms with E-state index in [2.05, 4.69) is 10.3 Å². The molecule has 188 valence electrons. The zero-order valence-electron chi connectivity index (χ0n) is 20.8. The lowest BCUT2D eigenvalue weighted by atomic mass is 9.92. The molecule has 0 saturated heterocycles. The normalized spacial score (nSPS) is 15.7. The van der Waals surface area contributed by atoms with Gasteiger partial charge in [0.15, 0.2) is 0 Å². The number of aryl methyl sites for hydroxylation is 2. The van der Waals surface area contributed by atoms with Gasteiger partial charge in [-0.15, -0.1) is 0 Å². The molecule has 2 heterocycles. The van der Waals surface area contributed by atoms with Gasteiger partial charge in [-0.2, -0.15) is 0 Å². The van der Waals surface area contributed by atoms with E-state index in [-0.39, 0.29) is 18.9 Å². The molecule has 37 heavy (non-hydrogen) atoms. The lowest BCUT2D eigenvalue weighted by Gasteiger charge is -2.36. The van der Waals surface area contributed by atoms with Gasteiger partial charge in [-0.05, 0) is 48.7 Å². The van der Waals surface area contributed by atoms with Gasteiger partial charge in [-0.1, -0.05) is 59.7 Å². The molecular formula is C30H29N3O4. The summed E-state index contributed by atoms with van der Waals surface area (Å²) in [7, 11) is 0. The number of benzene rings is 3. The fraction of sp³-hybridized carbons (Fsp3) is 0.233. The molecular weight excluding hydrogens is 466 g/mol. The molecule has 5 rings (SSSR count). The average Bonchev–Trinajstić information content (AvgIpc) is 3.29. The molecule has 0 fully saturated rings. The number of nitrogens with zero attached hydrogens (tertiary/aromatic N) is 1. The predicted molar refractivity (Wildman–Crippen MR) is 141 cm³/mol. The number of hydrogen-bond acceptors (Lipinski definition) is 3. The van der Waals surface area contributed by atoms with Crippen molar-refractivity contribution < 1.29 is 19.5 Å². The number of amides is 2. The maximum Gasteiger partial charge on any atom is 0.326 e. The van der Waals surface area contributed by atoms with E-state index in [1.807, 2.05) is 80.6 Å². The van der Waals surface area contributed by atoms with E-state index >= 15 is 0 Å². The van der Waals surface area contributed by atoms with Crippen molar-refractivity contribution in [3.8, 4) is 0 Å². The highest BCUT2D eigenvalue weighted by Gasteiger charge is 2.37. The standard InChI is InChI=1S/C30H29N3O4/c1-18-11-19(2)13-22(12-18)29(35)33-17-21-8-4-3-7-20(21)15-27(33)28(34)32-26(30(36)37)14-23-16-31-25-10-6-5-9-24(23)25/h3-13,16,26-27,31H,14-15,17H2,1-2H3,(H,32,34)(H,36,37)/t26-,27?/m0/s1. The highest BCUT2D eigenvalue weighted by molar-refractivity contribution is 5.99. The Morgan fingerprint density at radius 1 is 1.00 bits per heavy atom. The monoisotopic (exact) mass is 495 g/mol. The van der Waals surface area contributed by atoms with Crippen LogP contribution < -0.4 is 5.32 Å². The molecule has 0 radical (unpaired) electrons. The number of carbonyl (C=O) groups excluding carboxylic acids is 2. The number of rotatable bonds is 6. The van der Waals surface area contributed by atoms with Crippen LogP contribution in [0.15, 0.2) is 72.9 Å². The molecule has 0 spiro atoms. The van der Waals surface area contributed by atoms with Crippen LogP contribution in [-0.2, 0) is 29.0 Å². The van der Waals surface area contributed by atoms with Crippen LogP contribution in [-0.4, -0.2) is 44.9 Å². The molecule has 0 aliphatic carbocycles. The fourth-order valence-electron chi connectivity index (χ4n) is 5.22. The van der Waals surface area contributed by atoms with Crippen molar-refractivity contribution in [2.24, 2.45) is 0 Å². The van der Waals surface area contributed by atoms with Gasteiger partial charge in [0.25, 0.3) is 5.91 Å². The molecule has 4 aromatic rings. The first-order valence-electron chi connectivity index (χ1n) is 12.3. The molecule has 3 N–H and O–H groups in total. The van der Waals surface area contributed by atoms with Crippen LogP contribution in [0.3, 0.4) is 0 Å². The molecule has 0 saturated carbocycles. The van der Waals surface area contributed by atoms with E-state index in [0.717, 1.165) is 38.7 Å². The Bertz CT molecular complexity index is 1490. The quantitative estimate of drug-likeness (QED) is 0.374. The predicted octanol–water partition coefficient (Wildman–Crippen LogP) is 4.16. The Balaban J connectivity index is 1.43. The summed E-state index contributed by atoms with van der Waals surface area (Å²) in [6, 6.07) is 19.1. The van der Waals surface area contributed by atoms with Crippen LogP contribution in [0.2, 0.25) is 0 Å². The Hall–Kier alpha value is -4.39. The molecule has 7 heteroatoms. The second-order valence-corrected chi connectivity index (χ2v) is 9.76. The summed E-state index contributed by atoms with van der Waals surface area (Å²) < 4.78 is 0. The van der Waals surface area contributed by atoms with Crippen molar-refractivity contribution in [2.75, 3.05) is 0 Å². The number of hydrogen-bond donors (Lipinski definition) is 3. The Labute approximate surface area is 215 Å². The molecule has 2 atom stereocenters. The van der Waals surface area contributed by atoms with E-state index in [9.17, 15) is 19.5 Å². The Morgan fingerprint density at radius 2 is 1.68 bits per heavy atom. The minimum atomic E-state index is -1.14. The highest BCUT2D eigenvalue weighted by Crippen LogP contribution is 2.26. The molecule has 1 aromatic heterocycles. The lowest BCUT2D eigenvalue weighted by Crippen LogP contribution is -2.55. The summed E-state index contributed by atoms with van der Waals surface area (Å²) in [6.07, 6.45) is 2.22. The number of aromatic amines is 1. The zero-order valence-corrected chi connectivity index (χ0v) is 20.8. The summed E-state index contributed by atoms with van der Waals surface area (Å²) >= 11 is 0. The number of para-hydroxylation sites is 1. The number of carboxylic acids is 1. The third kappa shape index (κ3) is 4.98. The molecule has 3 aromatic carbocycles. The second-order valence-electron chi connectivity index (χ2n) is 9.76. The number of fused-ring (bicyclic) bond motifs is 2. The number of carbonyl (C=O) groups is 3. The first kappa shape index (κ1) is 24.3. The van der Waals surface area contributed by atoms with Crippen molar-refractivity contribution in [3.63, 3.8) is 0 Å². The Morgan fingerprint density at radius 3 is 2.41 bits per heavy atom. The van der Waals surface area contributed by atoms with Gasteiger partial charge in [0.05, 0.1) is 0 Å². The maximum absolute atomic E-state index is 13.7. The fourth-order valence-corrected chi connectivity index (χ4v) is 5.22. The third-order valence-corrected chi connectivity index (χ3v) is 6.99. The van der Waals surface area contributed by atoms with Crippen LogP contribution >= 0.6 is 0 Å². The summed E-state index contributed by atoms with van der Waals surface area (Å²) in [4.78, 5) is 44.2. The SMILES string of the molecule is Cc1cc(C)cc(C(=O)N2Cc3ccccc3CC2C(=O)N[C@@H](Cc2c[nH]c3ccccc23)C(=O)O)c1. The van der Waals surface area contributed by atoms with Crippen molar-refractivity contribution in [2.45, 2.75) is 45.3 Å². The molecule has 1 aliphatic heterocycles. The van der Waals surface area contributed by atoms with Gasteiger partial charge in [-0.3, -0.25) is 9.59 Å². The van der Waals surface area contributed by atoms with Crippen LogP contribution in [0, 0.1) is 13.8 Å². The number of nitrogens with one attached hydrogen (secondary N) is 2. The summed E-state index contributed by atoms with van der Waals surface area (Å²) in [5, 5.41) is 13.6. The lowest BCUT2D eigenvalue weighted by molar-refractivity contribution is -0.142. The van der Waals surface area contributed by atoms with Crippen LogP contribution in [0.25, 0.3) is 10.9 Å². The van der Waals surface area contributed by atoms with Gasteiger partial charge in [-0.25, -0.2) is 4.79 Å². The van der Waals surface area contributed by atoms with Gasteiger partial charge in [0, 0.05) is 42.0 Å². The zero-order chi connectivity index (χ0) is 26.1. The van der Waals surface area contributed by atoms with Gasteiger partial charge in [0.1, 0.15) is 12.1 Å². The number of carboxylic acid groups (broad SMARTS) is 1. The first-order valence-corrected chi connectivity index (χ1v) is 12.3. The minimum Gasteiger partial charge on any atom is -0.480 e. The van der Waals surface area contributed by atoms with Crippen molar-refractivity contribution in [1.82, 2.24) is 15.2 Å². The number of aromatic nitrogens is 1. The maximum atomic E-state index is 13.7. The van der Waals surface area contributed by atoms with Crippen molar-refractivity contribution >= 4 is 28.7 Å². The van der Waals surface area contributed by atoms with Crippen molar-refractivity contribution in [1.29, 1.82) is 0 Å². The topological polar surface area (TPSA) is 103 Å². The van der Waals surface area contributed by atoms with Crippen LogP contribution in [0.1, 0.15) is 38.2 Å². The van der Waals surface area contributed by atoms with Gasteiger partial charge >= 0.3 is 5.97 Å². The summed E-state index contributed by atoms with van der Waals surface area (Å²) in [6.45, 7) is 4.14. The minimum absolute atomic E-state index is 0.124. The van der Waals surface area contributed by atoms with Crippen molar-refractivity contribution in [3.05, 3.63) is 106 Å². The molecule has 2 amide bonds. The third-order valence-electron chi connectivity index (χ3n) is 6.99. The van der Waals surface area contributed by atoms with E-state index < -0.39 is 24.0 Å². The molecule has 1 aliphatic rings. The second kappa shape index (κ2) is 9.93. The number of H-pyrrole nitrogens is 1. The van der Waals surface area contributed by atoms with Gasteiger partial charge in [0.2, 0.25) is 5.91 Å². The molecule has 7 nitrogen and oxygen atoms in total.